The predicted molar refractivity (Wildman–Crippen MR) is 297 cm³/mol. The number of nitrogens with one attached hydrogen (secondary N) is 4. The van der Waals surface area contributed by atoms with Crippen LogP contribution in [0, 0.1) is 0 Å². The van der Waals surface area contributed by atoms with E-state index in [4.69, 9.17) is 61.6 Å². The normalized spacial score (nSPS) is 45.7. The number of aliphatic hydroxyl groups is 21. The summed E-state index contributed by atoms with van der Waals surface area (Å²) in [5.74, 6) is -9.29. The monoisotopic (exact) mass is 1420 g/mol. The number of carbonyl (C=O) groups excluding carboxylic acids is 4. The van der Waals surface area contributed by atoms with E-state index >= 15 is 0 Å². The molecule has 7 heterocycles. The van der Waals surface area contributed by atoms with Crippen molar-refractivity contribution >= 4 is 29.6 Å². The molecule has 1 unspecified atom stereocenters. The van der Waals surface area contributed by atoms with Gasteiger partial charge in [-0.1, -0.05) is 0 Å². The van der Waals surface area contributed by atoms with Crippen LogP contribution in [0.15, 0.2) is 0 Å². The average Bonchev–Trinajstić information content (AvgIpc) is 0.781. The van der Waals surface area contributed by atoms with Gasteiger partial charge in [-0.2, -0.15) is 0 Å². The van der Waals surface area contributed by atoms with Crippen LogP contribution in [0.2, 0.25) is 0 Å². The van der Waals surface area contributed by atoms with Crippen LogP contribution >= 0.6 is 0 Å². The number of ether oxygens (including phenoxy) is 13. The van der Waals surface area contributed by atoms with E-state index in [1.54, 1.807) is 0 Å². The molecule has 0 aromatic heterocycles. The minimum Gasteiger partial charge on any atom is -0.477 e. The maximum atomic E-state index is 13.1. The lowest BCUT2D eigenvalue weighted by Crippen LogP contribution is -2.71. The highest BCUT2D eigenvalue weighted by molar-refractivity contribution is 5.78. The largest absolute Gasteiger partial charge is 0.477 e. The average molecular weight is 1420 g/mol. The highest BCUT2D eigenvalue weighted by Gasteiger charge is 2.62. The van der Waals surface area contributed by atoms with Gasteiger partial charge in [-0.05, 0) is 0 Å². The highest BCUT2D eigenvalue weighted by Crippen LogP contribution is 2.40. The summed E-state index contributed by atoms with van der Waals surface area (Å²) in [5.41, 5.74) is 0. The van der Waals surface area contributed by atoms with Crippen LogP contribution in [0.4, 0.5) is 0 Å². The lowest BCUT2D eigenvalue weighted by Gasteiger charge is -2.51. The molecule has 7 saturated heterocycles. The van der Waals surface area contributed by atoms with Gasteiger partial charge in [0.15, 0.2) is 37.7 Å². The van der Waals surface area contributed by atoms with Crippen molar-refractivity contribution in [3.63, 3.8) is 0 Å². The van der Waals surface area contributed by atoms with E-state index in [9.17, 15) is 136 Å². The van der Waals surface area contributed by atoms with Crippen molar-refractivity contribution in [2.45, 2.75) is 247 Å². The van der Waals surface area contributed by atoms with Gasteiger partial charge in [-0.3, -0.25) is 19.2 Å². The SMILES string of the molecule is CC(=O)N[C@H]1[C@H](O[C@H]2[C@@H](O)[C@@H](CO)O[C@@H](O[C@H]3[C@@H](O)[C@@H](CO[C@@H]4O[C@H](CO)[C@@H](O[C@@H]5O[C@H](CO)[C@H](O)[C@H](O[C@]6(C(=O)O)C[C@H](O)[C@@H](NC(=O)CO)[C@H]([C@H](O)[C@H](O)CO)O6)[C@H]5O)[C@H](O)[C@H]4NC(C)=O)OC(O)[C@@H]3NC(C)=O)[C@@H]2O)O[C@H](CO)[C@@H](O[C@@H]2O[C@H](CO)[C@H](O)[C@H](O)[C@H]2O)[C@@H]1O. The maximum absolute atomic E-state index is 13.1. The summed E-state index contributed by atoms with van der Waals surface area (Å²) >= 11 is 0. The second kappa shape index (κ2) is 34.8. The van der Waals surface area contributed by atoms with E-state index in [0.29, 0.717) is 0 Å². The molecular formula is C53H88N4O40. The fourth-order valence-corrected chi connectivity index (χ4v) is 12.2. The third-order valence-corrected chi connectivity index (χ3v) is 17.2. The first-order valence-electron chi connectivity index (χ1n) is 30.4. The molecule has 0 bridgehead atoms. The Hall–Kier alpha value is -4.01. The summed E-state index contributed by atoms with van der Waals surface area (Å²) in [6, 6.07) is -7.30. The Labute approximate surface area is 548 Å². The molecule has 0 spiro atoms. The van der Waals surface area contributed by atoms with E-state index < -0.39 is 309 Å². The molecule has 36 atom stereocenters. The number of carbonyl (C=O) groups is 5. The molecule has 0 radical (unpaired) electrons. The maximum Gasteiger partial charge on any atom is 0.364 e. The Balaban J connectivity index is 1.08. The van der Waals surface area contributed by atoms with Crippen LogP contribution in [0.25, 0.3) is 0 Å². The van der Waals surface area contributed by atoms with Gasteiger partial charge in [0, 0.05) is 27.2 Å². The fraction of sp³-hybridized carbons (Fsp3) is 0.906. The Morgan fingerprint density at radius 2 is 0.866 bits per heavy atom. The highest BCUT2D eigenvalue weighted by atomic mass is 16.8. The van der Waals surface area contributed by atoms with E-state index in [1.165, 1.54) is 0 Å². The minimum atomic E-state index is -3.28. The molecule has 97 heavy (non-hydrogen) atoms. The van der Waals surface area contributed by atoms with Crippen molar-refractivity contribution in [3.05, 3.63) is 0 Å². The summed E-state index contributed by atoms with van der Waals surface area (Å²) < 4.78 is 74.8. The van der Waals surface area contributed by atoms with E-state index in [1.807, 2.05) is 0 Å². The molecule has 44 nitrogen and oxygen atoms in total. The van der Waals surface area contributed by atoms with Gasteiger partial charge >= 0.3 is 5.97 Å². The second-order valence-electron chi connectivity index (χ2n) is 24.0. The Morgan fingerprint density at radius 1 is 0.443 bits per heavy atom. The lowest BCUT2D eigenvalue weighted by atomic mass is 9.88. The zero-order chi connectivity index (χ0) is 72.0. The Morgan fingerprint density at radius 3 is 1.35 bits per heavy atom. The van der Waals surface area contributed by atoms with E-state index in [2.05, 4.69) is 21.3 Å². The quantitative estimate of drug-likeness (QED) is 0.0363. The van der Waals surface area contributed by atoms with Crippen molar-refractivity contribution in [3.8, 4) is 0 Å². The molecule has 0 aromatic carbocycles. The minimum absolute atomic E-state index is 0.873. The summed E-state index contributed by atoms with van der Waals surface area (Å²) in [5, 5.41) is 247. The number of amides is 4. The number of aliphatic hydroxyl groups excluding tert-OH is 21. The molecule has 7 fully saturated rings. The standard InChI is InChI=1S/C53H88N4O40/c1-13(65)54-26-34(76)40(93-51-39(81)45(32(74)20(8-61)89-51)97-53(52(83)84)4-16(68)25(57-24(70)11-64)43(96-53)29(71)17(69)5-58)21(9-62)90-47(26)85-12-23-33(75)42(28(46(82)86-23)56-15(3)67)94-50-38(80)44(31(73)19(7-60)88-50)95-48-27(55-14(2)66)35(77)41(22(10-63)91-48)92-49-37(79)36(78)30(72)18(6-59)87-49/h16-23,25-51,58-64,68-69,71-82H,4-12H2,1-3H3,(H,54,65)(H,55,66)(H,56,67)(H,57,70)(H,83,84)/t16-,17+,18+,19+,20+,21+,22+,23+,25+,26+,27+,28+,29+,30-,31-,32-,33-,34+,35+,36-,37+,38+,39+,40+,41+,42+,43+,44-,45-,46?,47+,48-,49-,50-,51-,53-/m0/s1. The van der Waals surface area contributed by atoms with Crippen LogP contribution in [-0.2, 0) is 85.6 Å². The van der Waals surface area contributed by atoms with Gasteiger partial charge in [-0.25, -0.2) is 4.79 Å². The summed E-state index contributed by atoms with van der Waals surface area (Å²) in [4.78, 5) is 63.2. The van der Waals surface area contributed by atoms with E-state index in [0.717, 1.165) is 20.8 Å². The molecule has 7 aliphatic heterocycles. The van der Waals surface area contributed by atoms with Crippen molar-refractivity contribution < 1.29 is 198 Å². The van der Waals surface area contributed by atoms with Crippen molar-refractivity contribution in [2.75, 3.05) is 52.9 Å². The summed E-state index contributed by atoms with van der Waals surface area (Å²) in [6.07, 6.45) is -64.9. The van der Waals surface area contributed by atoms with Gasteiger partial charge in [0.2, 0.25) is 23.6 Å². The zero-order valence-corrected chi connectivity index (χ0v) is 51.8. The first-order valence-corrected chi connectivity index (χ1v) is 30.4. The molecule has 26 N–H and O–H groups in total. The number of carboxylic acids is 1. The third-order valence-electron chi connectivity index (χ3n) is 17.2. The van der Waals surface area contributed by atoms with Gasteiger partial charge in [0.25, 0.3) is 5.79 Å². The molecule has 4 amide bonds. The van der Waals surface area contributed by atoms with Crippen LogP contribution in [0.3, 0.4) is 0 Å². The van der Waals surface area contributed by atoms with Crippen molar-refractivity contribution in [2.24, 2.45) is 0 Å². The van der Waals surface area contributed by atoms with Gasteiger partial charge in [0.1, 0.15) is 171 Å². The van der Waals surface area contributed by atoms with Gasteiger partial charge in [0.05, 0.1) is 58.4 Å². The topological polar surface area (TPSA) is 699 Å². The number of aliphatic carboxylic acids is 1. The number of rotatable bonds is 27. The Bertz CT molecular complexity index is 2560. The second-order valence-corrected chi connectivity index (χ2v) is 24.0. The molecule has 0 aliphatic carbocycles. The number of hydrogen-bond acceptors (Lipinski definition) is 39. The number of carboxylic acid groups (broad SMARTS) is 1. The fourth-order valence-electron chi connectivity index (χ4n) is 12.2. The summed E-state index contributed by atoms with van der Waals surface area (Å²) in [7, 11) is 0. The zero-order valence-electron chi connectivity index (χ0n) is 51.8. The molecule has 0 aromatic rings. The molecule has 7 rings (SSSR count). The first kappa shape index (κ1) is 80.3. The molecule has 560 valence electrons. The molecule has 0 saturated carbocycles. The number of hydrogen-bond donors (Lipinski definition) is 26. The van der Waals surface area contributed by atoms with Crippen LogP contribution in [0.5, 0.6) is 0 Å². The molecular weight excluding hydrogens is 1330 g/mol. The smallest absolute Gasteiger partial charge is 0.364 e. The Kier molecular flexibility index (Phi) is 28.8. The van der Waals surface area contributed by atoms with Crippen LogP contribution < -0.4 is 21.3 Å². The van der Waals surface area contributed by atoms with Crippen molar-refractivity contribution in [1.29, 1.82) is 0 Å². The van der Waals surface area contributed by atoms with Gasteiger partial charge < -0.3 is 195 Å². The van der Waals surface area contributed by atoms with Gasteiger partial charge in [-0.15, -0.1) is 0 Å². The predicted octanol–water partition coefficient (Wildman–Crippen LogP) is -17.5. The third kappa shape index (κ3) is 17.9. The molecule has 44 heteroatoms. The lowest BCUT2D eigenvalue weighted by molar-refractivity contribution is -0.384. The van der Waals surface area contributed by atoms with Crippen LogP contribution in [-0.4, -0.2) is 415 Å². The van der Waals surface area contributed by atoms with Crippen LogP contribution in [0.1, 0.15) is 27.2 Å². The molecule has 7 aliphatic rings. The van der Waals surface area contributed by atoms with Crippen molar-refractivity contribution in [1.82, 2.24) is 21.3 Å². The van der Waals surface area contributed by atoms with E-state index in [-0.39, 0.29) is 0 Å². The summed E-state index contributed by atoms with van der Waals surface area (Å²) in [6.45, 7) is -5.82. The first-order chi connectivity index (χ1) is 45.7.